The van der Waals surface area contributed by atoms with Crippen LogP contribution in [0.4, 0.5) is 0 Å². The Bertz CT molecular complexity index is 463. The summed E-state index contributed by atoms with van der Waals surface area (Å²) in [6.45, 7) is 4.71. The monoisotopic (exact) mass is 420 g/mol. The zero-order valence-corrected chi connectivity index (χ0v) is 15.6. The lowest BCUT2D eigenvalue weighted by molar-refractivity contribution is 0.0963. The highest BCUT2D eigenvalue weighted by Gasteiger charge is 2.02. The minimum atomic E-state index is -0.0837. The smallest absolute Gasteiger partial charge is 0.251 e. The molecule has 124 valence electrons. The fourth-order valence-corrected chi connectivity index (χ4v) is 1.69. The van der Waals surface area contributed by atoms with Gasteiger partial charge in [-0.15, -0.1) is 24.0 Å². The molecule has 0 unspecified atom stereocenters. The van der Waals surface area contributed by atoms with Crippen LogP contribution in [-0.4, -0.2) is 45.7 Å². The van der Waals surface area contributed by atoms with Crippen LogP contribution in [0, 0.1) is 0 Å². The van der Waals surface area contributed by atoms with Crippen LogP contribution in [0.3, 0.4) is 0 Å². The van der Waals surface area contributed by atoms with Gasteiger partial charge < -0.3 is 20.7 Å². The Labute approximate surface area is 149 Å². The third-order valence-corrected chi connectivity index (χ3v) is 2.81. The summed E-state index contributed by atoms with van der Waals surface area (Å²) in [5, 5.41) is 8.95. The summed E-state index contributed by atoms with van der Waals surface area (Å²) in [5.74, 6) is 0.671. The van der Waals surface area contributed by atoms with Gasteiger partial charge in [0.25, 0.3) is 5.91 Å². The first-order valence-electron chi connectivity index (χ1n) is 7.03. The summed E-state index contributed by atoms with van der Waals surface area (Å²) in [7, 11) is 3.29. The molecule has 0 bridgehead atoms. The summed E-state index contributed by atoms with van der Waals surface area (Å²) in [4.78, 5) is 15.9. The Morgan fingerprint density at radius 3 is 2.45 bits per heavy atom. The van der Waals surface area contributed by atoms with Crippen LogP contribution in [0.2, 0.25) is 0 Å². The van der Waals surface area contributed by atoms with E-state index in [1.807, 2.05) is 19.1 Å². The van der Waals surface area contributed by atoms with E-state index in [4.69, 9.17) is 4.74 Å². The zero-order chi connectivity index (χ0) is 15.5. The van der Waals surface area contributed by atoms with Crippen LogP contribution >= 0.6 is 24.0 Å². The molecule has 1 amide bonds. The molecular formula is C15H25IN4O2. The number of ether oxygens (including phenoxy) is 1. The predicted octanol–water partition coefficient (Wildman–Crippen LogP) is 1.37. The number of halogens is 1. The van der Waals surface area contributed by atoms with Crippen LogP contribution in [0.15, 0.2) is 29.3 Å². The molecule has 0 heterocycles. The zero-order valence-electron chi connectivity index (χ0n) is 13.3. The van der Waals surface area contributed by atoms with E-state index in [1.165, 1.54) is 0 Å². The minimum Gasteiger partial charge on any atom is -0.383 e. The average Bonchev–Trinajstić information content (AvgIpc) is 2.52. The van der Waals surface area contributed by atoms with Crippen LogP contribution in [0.25, 0.3) is 0 Å². The highest BCUT2D eigenvalue weighted by molar-refractivity contribution is 14.0. The van der Waals surface area contributed by atoms with Gasteiger partial charge in [0.1, 0.15) is 0 Å². The van der Waals surface area contributed by atoms with Crippen molar-refractivity contribution in [2.24, 2.45) is 4.99 Å². The Morgan fingerprint density at radius 2 is 1.91 bits per heavy atom. The third-order valence-electron chi connectivity index (χ3n) is 2.81. The molecule has 0 saturated carbocycles. The van der Waals surface area contributed by atoms with Crippen molar-refractivity contribution in [3.05, 3.63) is 35.4 Å². The van der Waals surface area contributed by atoms with Crippen molar-refractivity contribution >= 4 is 35.8 Å². The van der Waals surface area contributed by atoms with Crippen molar-refractivity contribution in [1.82, 2.24) is 16.0 Å². The number of hydrogen-bond acceptors (Lipinski definition) is 3. The number of aliphatic imine (C=N–C) groups is 1. The standard InChI is InChI=1S/C15H24N4O2.HI/c1-4-17-15(18-9-10-21-3)19-11-12-5-7-13(8-6-12)14(20)16-2;/h5-8H,4,9-11H2,1-3H3,(H,16,20)(H2,17,18,19);1H. The Balaban J connectivity index is 0.00000441. The first-order chi connectivity index (χ1) is 10.2. The number of rotatable bonds is 7. The number of amides is 1. The van der Waals surface area contributed by atoms with Crippen molar-refractivity contribution in [2.75, 3.05) is 33.9 Å². The van der Waals surface area contributed by atoms with E-state index in [0.29, 0.717) is 25.3 Å². The molecule has 7 heteroatoms. The predicted molar refractivity (Wildman–Crippen MR) is 99.9 cm³/mol. The molecular weight excluding hydrogens is 395 g/mol. The quantitative estimate of drug-likeness (QED) is 0.270. The third kappa shape index (κ3) is 7.60. The number of benzene rings is 1. The summed E-state index contributed by atoms with van der Waals surface area (Å²) >= 11 is 0. The van der Waals surface area contributed by atoms with E-state index in [0.717, 1.165) is 18.1 Å². The van der Waals surface area contributed by atoms with E-state index in [2.05, 4.69) is 20.9 Å². The number of carbonyl (C=O) groups is 1. The maximum atomic E-state index is 11.5. The number of nitrogens with one attached hydrogen (secondary N) is 3. The average molecular weight is 420 g/mol. The second-order valence-corrected chi connectivity index (χ2v) is 4.39. The topological polar surface area (TPSA) is 74.8 Å². The van der Waals surface area contributed by atoms with Gasteiger partial charge in [0.05, 0.1) is 13.2 Å². The van der Waals surface area contributed by atoms with Crippen molar-refractivity contribution in [2.45, 2.75) is 13.5 Å². The van der Waals surface area contributed by atoms with E-state index < -0.39 is 0 Å². The molecule has 1 aromatic rings. The maximum Gasteiger partial charge on any atom is 0.251 e. The summed E-state index contributed by atoms with van der Waals surface area (Å²) in [6.07, 6.45) is 0. The molecule has 3 N–H and O–H groups in total. The van der Waals surface area contributed by atoms with E-state index in [9.17, 15) is 4.79 Å². The maximum absolute atomic E-state index is 11.5. The normalized spacial score (nSPS) is 10.6. The van der Waals surface area contributed by atoms with E-state index in [-0.39, 0.29) is 29.9 Å². The Hall–Kier alpha value is -1.35. The van der Waals surface area contributed by atoms with Crippen molar-refractivity contribution in [3.63, 3.8) is 0 Å². The van der Waals surface area contributed by atoms with Gasteiger partial charge in [-0.2, -0.15) is 0 Å². The highest BCUT2D eigenvalue weighted by Crippen LogP contribution is 2.05. The lowest BCUT2D eigenvalue weighted by Crippen LogP contribution is -2.38. The second-order valence-electron chi connectivity index (χ2n) is 4.39. The summed E-state index contributed by atoms with van der Waals surface area (Å²) in [6, 6.07) is 7.42. The number of hydrogen-bond donors (Lipinski definition) is 3. The summed E-state index contributed by atoms with van der Waals surface area (Å²) in [5.41, 5.74) is 1.70. The molecule has 0 aromatic heterocycles. The van der Waals surface area contributed by atoms with Gasteiger partial charge in [-0.1, -0.05) is 12.1 Å². The molecule has 0 aliphatic rings. The molecule has 0 radical (unpaired) electrons. The first kappa shape index (κ1) is 20.6. The second kappa shape index (κ2) is 12.2. The minimum absolute atomic E-state index is 0. The van der Waals surface area contributed by atoms with Crippen LogP contribution in [-0.2, 0) is 11.3 Å². The molecule has 0 spiro atoms. The van der Waals surface area contributed by atoms with E-state index >= 15 is 0 Å². The summed E-state index contributed by atoms with van der Waals surface area (Å²) < 4.78 is 5.00. The van der Waals surface area contributed by atoms with Gasteiger partial charge in [-0.3, -0.25) is 4.79 Å². The van der Waals surface area contributed by atoms with E-state index in [1.54, 1.807) is 26.3 Å². The lowest BCUT2D eigenvalue weighted by atomic mass is 10.1. The molecule has 0 fully saturated rings. The Morgan fingerprint density at radius 1 is 1.23 bits per heavy atom. The lowest BCUT2D eigenvalue weighted by Gasteiger charge is -2.10. The van der Waals surface area contributed by atoms with Crippen LogP contribution in [0.5, 0.6) is 0 Å². The Kier molecular flexibility index (Phi) is 11.5. The SMILES string of the molecule is CCNC(=NCc1ccc(C(=O)NC)cc1)NCCOC.I. The van der Waals surface area contributed by atoms with Gasteiger partial charge in [-0.05, 0) is 24.6 Å². The van der Waals surface area contributed by atoms with Gasteiger partial charge >= 0.3 is 0 Å². The van der Waals surface area contributed by atoms with Crippen molar-refractivity contribution in [1.29, 1.82) is 0 Å². The number of carbonyl (C=O) groups excluding carboxylic acids is 1. The first-order valence-corrected chi connectivity index (χ1v) is 7.03. The largest absolute Gasteiger partial charge is 0.383 e. The number of guanidine groups is 1. The van der Waals surface area contributed by atoms with Crippen molar-refractivity contribution in [3.8, 4) is 0 Å². The van der Waals surface area contributed by atoms with Gasteiger partial charge in [0, 0.05) is 32.8 Å². The van der Waals surface area contributed by atoms with Crippen LogP contribution < -0.4 is 16.0 Å². The van der Waals surface area contributed by atoms with Gasteiger partial charge in [0.2, 0.25) is 0 Å². The number of methoxy groups -OCH3 is 1. The molecule has 1 aromatic carbocycles. The molecule has 22 heavy (non-hydrogen) atoms. The fraction of sp³-hybridized carbons (Fsp3) is 0.467. The molecule has 1 rings (SSSR count). The highest BCUT2D eigenvalue weighted by atomic mass is 127. The fourth-order valence-electron chi connectivity index (χ4n) is 1.69. The molecule has 0 aliphatic carbocycles. The van der Waals surface area contributed by atoms with Crippen LogP contribution in [0.1, 0.15) is 22.8 Å². The van der Waals surface area contributed by atoms with Crippen molar-refractivity contribution < 1.29 is 9.53 Å². The van der Waals surface area contributed by atoms with Gasteiger partial charge in [-0.25, -0.2) is 4.99 Å². The molecule has 0 aliphatic heterocycles. The molecule has 6 nitrogen and oxygen atoms in total. The molecule has 0 atom stereocenters. The molecule has 0 saturated heterocycles. The van der Waals surface area contributed by atoms with Gasteiger partial charge in [0.15, 0.2) is 5.96 Å². The number of nitrogens with zero attached hydrogens (tertiary/aromatic N) is 1.